The van der Waals surface area contributed by atoms with Crippen LogP contribution < -0.4 is 9.97 Å². The van der Waals surface area contributed by atoms with Crippen molar-refractivity contribution in [3.8, 4) is 11.5 Å². The summed E-state index contributed by atoms with van der Waals surface area (Å²) in [5.74, 6) is 3.59. The predicted octanol–water partition coefficient (Wildman–Crippen LogP) is 11.5. The number of hydrogen-bond donors (Lipinski definition) is 0. The van der Waals surface area contributed by atoms with Crippen molar-refractivity contribution in [2.75, 3.05) is 0 Å². The van der Waals surface area contributed by atoms with E-state index >= 15 is 0 Å². The molecule has 49 heavy (non-hydrogen) atoms. The van der Waals surface area contributed by atoms with E-state index in [-0.39, 0.29) is 16.5 Å². The predicted molar refractivity (Wildman–Crippen MR) is 211 cm³/mol. The summed E-state index contributed by atoms with van der Waals surface area (Å²) < 4.78 is 0. The van der Waals surface area contributed by atoms with Crippen LogP contribution in [0.25, 0.3) is 46.4 Å². The Labute approximate surface area is 307 Å². The molecule has 4 nitrogen and oxygen atoms in total. The molecule has 6 heteroatoms. The van der Waals surface area contributed by atoms with Gasteiger partial charge < -0.3 is 9.97 Å². The Morgan fingerprint density at radius 2 is 0.878 bits per heavy atom. The van der Waals surface area contributed by atoms with E-state index in [2.05, 4.69) is 100 Å². The van der Waals surface area contributed by atoms with Crippen molar-refractivity contribution in [3.05, 3.63) is 69.3 Å². The number of rotatable bonds is 15. The molecule has 262 valence electrons. The van der Waals surface area contributed by atoms with Gasteiger partial charge in [0.05, 0.1) is 22.8 Å². The van der Waals surface area contributed by atoms with Crippen LogP contribution in [0, 0.1) is 11.5 Å². The SMILES string of the molecule is CCCCCCc1c2nc(c(CCCCCC)c3ccc([n-]3)c(C#C[Si](C)(C)C)c3ccc([n-]3)c(CCCCCC)c3nc1C=C3)C=C2.[Ni+2]. The third-order valence-corrected chi connectivity index (χ3v) is 10.2. The number of nitrogens with zero attached hydrogens (tertiary/aromatic N) is 4. The summed E-state index contributed by atoms with van der Waals surface area (Å²) in [5.41, 5.74) is 16.3. The normalized spacial score (nSPS) is 12.2. The maximum Gasteiger partial charge on any atom is 2.00 e. The zero-order valence-electron chi connectivity index (χ0n) is 30.8. The maximum absolute atomic E-state index is 5.35. The zero-order valence-corrected chi connectivity index (χ0v) is 32.8. The Kier molecular flexibility index (Phi) is 14.8. The van der Waals surface area contributed by atoms with Crippen molar-refractivity contribution in [3.63, 3.8) is 0 Å². The topological polar surface area (TPSA) is 54.0 Å². The molecule has 0 unspecified atom stereocenters. The van der Waals surface area contributed by atoms with Gasteiger partial charge in [0.15, 0.2) is 0 Å². The van der Waals surface area contributed by atoms with Crippen LogP contribution in [0.4, 0.5) is 0 Å². The molecule has 0 N–H and O–H groups in total. The minimum Gasteiger partial charge on any atom is -0.657 e. The number of aryl methyl sites for hydroxylation is 2. The van der Waals surface area contributed by atoms with E-state index in [1.54, 1.807) is 0 Å². The van der Waals surface area contributed by atoms with Gasteiger partial charge >= 0.3 is 16.5 Å². The van der Waals surface area contributed by atoms with Crippen LogP contribution in [-0.2, 0) is 35.8 Å². The van der Waals surface area contributed by atoms with E-state index in [0.717, 1.165) is 88.9 Å². The standard InChI is InChI=1S/C43H56N4Si.Ni/c1-7-10-13-16-19-32-36-22-24-38(44-36)33(20-17-14-11-8-2)40-26-28-42(46-40)35(30-31-48(4,5)6)43-29-27-41(47-43)34(21-18-15-12-9-3)39-25-23-37(32)45-39;/h22-29H,7-21H2,1-6H3;/q-2;+2. The Hall–Kier alpha value is -3.13. The third-order valence-electron chi connectivity index (χ3n) is 9.33. The van der Waals surface area contributed by atoms with Crippen LogP contribution in [0.3, 0.4) is 0 Å². The zero-order chi connectivity index (χ0) is 33.9. The number of unbranched alkanes of at least 4 members (excludes halogenated alkanes) is 9. The van der Waals surface area contributed by atoms with Crippen LogP contribution in [0.15, 0.2) is 24.3 Å². The van der Waals surface area contributed by atoms with Crippen molar-refractivity contribution in [2.24, 2.45) is 0 Å². The smallest absolute Gasteiger partial charge is 0.657 e. The summed E-state index contributed by atoms with van der Waals surface area (Å²) in [7, 11) is -1.65. The quantitative estimate of drug-likeness (QED) is 0.0615. The average Bonchev–Trinajstić information content (AvgIpc) is 3.89. The Morgan fingerprint density at radius 3 is 1.27 bits per heavy atom. The van der Waals surface area contributed by atoms with E-state index in [9.17, 15) is 0 Å². The summed E-state index contributed by atoms with van der Waals surface area (Å²) in [5, 5.41) is 0. The van der Waals surface area contributed by atoms with E-state index in [1.165, 1.54) is 74.5 Å². The molecule has 5 heterocycles. The Morgan fingerprint density at radius 1 is 0.510 bits per heavy atom. The molecule has 5 rings (SSSR count). The van der Waals surface area contributed by atoms with E-state index in [1.807, 2.05) is 0 Å². The van der Waals surface area contributed by atoms with Gasteiger partial charge in [-0.3, -0.25) is 0 Å². The summed E-state index contributed by atoms with van der Waals surface area (Å²) in [6.07, 6.45) is 26.3. The molecular weight excluding hydrogens is 659 g/mol. The molecule has 2 aliphatic heterocycles. The fourth-order valence-corrected chi connectivity index (χ4v) is 7.09. The van der Waals surface area contributed by atoms with Gasteiger partial charge in [-0.05, 0) is 79.5 Å². The molecule has 0 radical (unpaired) electrons. The first-order valence-electron chi connectivity index (χ1n) is 18.9. The summed E-state index contributed by atoms with van der Waals surface area (Å²) in [6, 6.07) is 8.67. The van der Waals surface area contributed by atoms with Crippen molar-refractivity contribution >= 4 is 54.4 Å². The second-order valence-electron chi connectivity index (χ2n) is 14.6. The van der Waals surface area contributed by atoms with Crippen molar-refractivity contribution < 1.29 is 16.5 Å². The summed E-state index contributed by atoms with van der Waals surface area (Å²) >= 11 is 0. The summed E-state index contributed by atoms with van der Waals surface area (Å²) in [4.78, 5) is 21.3. The van der Waals surface area contributed by atoms with Gasteiger partial charge in [-0.2, -0.15) is 0 Å². The first-order valence-corrected chi connectivity index (χ1v) is 22.4. The molecule has 8 bridgehead atoms. The van der Waals surface area contributed by atoms with Gasteiger partial charge in [0.2, 0.25) is 0 Å². The fourth-order valence-electron chi connectivity index (χ4n) is 6.59. The number of hydrogen-bond acceptors (Lipinski definition) is 2. The minimum atomic E-state index is -1.65. The molecule has 0 fully saturated rings. The largest absolute Gasteiger partial charge is 2.00 e. The molecule has 3 aromatic rings. The molecule has 0 saturated heterocycles. The molecule has 3 aromatic heterocycles. The molecule has 0 saturated carbocycles. The van der Waals surface area contributed by atoms with E-state index in [4.69, 9.17) is 19.9 Å². The Balaban J connectivity index is 0.00000541. The van der Waals surface area contributed by atoms with Crippen LogP contribution in [0.1, 0.15) is 143 Å². The van der Waals surface area contributed by atoms with Crippen molar-refractivity contribution in [1.82, 2.24) is 19.9 Å². The monoisotopic (exact) mass is 714 g/mol. The fraction of sp³-hybridized carbons (Fsp3) is 0.488. The first kappa shape index (κ1) is 38.7. The van der Waals surface area contributed by atoms with E-state index < -0.39 is 8.07 Å². The molecule has 0 aliphatic carbocycles. The summed E-state index contributed by atoms with van der Waals surface area (Å²) in [6.45, 7) is 13.7. The van der Waals surface area contributed by atoms with Gasteiger partial charge in [0.1, 0.15) is 8.07 Å². The van der Waals surface area contributed by atoms with Crippen molar-refractivity contribution in [2.45, 2.75) is 137 Å². The molecule has 2 aliphatic rings. The number of aromatic nitrogens is 4. The van der Waals surface area contributed by atoms with Gasteiger partial charge in [-0.15, -0.1) is 27.6 Å². The van der Waals surface area contributed by atoms with Gasteiger partial charge in [0, 0.05) is 5.56 Å². The number of fused-ring (bicyclic) bond motifs is 8. The maximum atomic E-state index is 5.35. The van der Waals surface area contributed by atoms with Gasteiger partial charge in [0.25, 0.3) is 0 Å². The molecule has 0 aromatic carbocycles. The van der Waals surface area contributed by atoms with Crippen LogP contribution >= 0.6 is 0 Å². The van der Waals surface area contributed by atoms with Gasteiger partial charge in [-0.25, -0.2) is 9.97 Å². The second-order valence-corrected chi connectivity index (χ2v) is 19.4. The molecular formula is C43H56N4NiSi. The molecule has 0 spiro atoms. The van der Waals surface area contributed by atoms with E-state index in [0.29, 0.717) is 0 Å². The van der Waals surface area contributed by atoms with Crippen LogP contribution in [0.5, 0.6) is 0 Å². The third kappa shape index (κ3) is 10.4. The van der Waals surface area contributed by atoms with Crippen LogP contribution in [0.2, 0.25) is 19.6 Å². The average molecular weight is 716 g/mol. The van der Waals surface area contributed by atoms with Gasteiger partial charge in [-0.1, -0.05) is 128 Å². The van der Waals surface area contributed by atoms with Crippen molar-refractivity contribution in [1.29, 1.82) is 0 Å². The Bertz CT molecular complexity index is 1730. The minimum absolute atomic E-state index is 0. The second kappa shape index (κ2) is 18.7. The first-order chi connectivity index (χ1) is 23.3. The van der Waals surface area contributed by atoms with Crippen LogP contribution in [-0.4, -0.2) is 18.0 Å². The molecule has 0 atom stereocenters. The molecule has 0 amide bonds.